The third-order valence-electron chi connectivity index (χ3n) is 2.71. The predicted octanol–water partition coefficient (Wildman–Crippen LogP) is 0.583. The van der Waals surface area contributed by atoms with Crippen molar-refractivity contribution in [2.75, 3.05) is 26.2 Å². The zero-order valence-corrected chi connectivity index (χ0v) is 9.56. The van der Waals surface area contributed by atoms with Crippen LogP contribution in [0.15, 0.2) is 24.3 Å². The summed E-state index contributed by atoms with van der Waals surface area (Å²) in [7, 11) is 0. The van der Waals surface area contributed by atoms with E-state index in [1.807, 2.05) is 24.3 Å². The van der Waals surface area contributed by atoms with E-state index in [1.165, 1.54) is 0 Å². The summed E-state index contributed by atoms with van der Waals surface area (Å²) in [5, 5.41) is 11.8. The minimum atomic E-state index is -0.0413. The Kier molecular flexibility index (Phi) is 3.82. The molecule has 0 atom stereocenters. The number of hydrogen-bond donors (Lipinski definition) is 2. The van der Waals surface area contributed by atoms with Crippen molar-refractivity contribution in [3.8, 4) is 5.75 Å². The fourth-order valence-corrected chi connectivity index (χ4v) is 1.77. The summed E-state index contributed by atoms with van der Waals surface area (Å²) in [5.41, 5.74) is 0.762. The van der Waals surface area contributed by atoms with Crippen LogP contribution in [0.4, 0.5) is 4.79 Å². The number of urea groups is 1. The molecule has 1 aliphatic rings. The normalized spacial score (nSPS) is 14.9. The van der Waals surface area contributed by atoms with Gasteiger partial charge in [0.2, 0.25) is 0 Å². The summed E-state index contributed by atoms with van der Waals surface area (Å²) in [6.45, 7) is 2.38. The van der Waals surface area contributed by atoms with Gasteiger partial charge in [0.25, 0.3) is 0 Å². The van der Waals surface area contributed by atoms with E-state index >= 15 is 0 Å². The lowest BCUT2D eigenvalue weighted by Gasteiger charge is -2.15. The van der Waals surface area contributed by atoms with Gasteiger partial charge in [-0.05, 0) is 6.07 Å². The van der Waals surface area contributed by atoms with Gasteiger partial charge in [0.1, 0.15) is 12.4 Å². The van der Waals surface area contributed by atoms with Gasteiger partial charge in [-0.3, -0.25) is 0 Å². The molecule has 2 amide bonds. The standard InChI is InChI=1S/C12H16N2O3/c15-9-10-3-1-2-4-11(10)17-8-7-14-6-5-13-12(14)16/h1-4,15H,5-9H2,(H,13,16). The fraction of sp³-hybridized carbons (Fsp3) is 0.417. The minimum absolute atomic E-state index is 0.0379. The lowest BCUT2D eigenvalue weighted by atomic mass is 10.2. The molecule has 0 bridgehead atoms. The summed E-state index contributed by atoms with van der Waals surface area (Å²) < 4.78 is 5.56. The smallest absolute Gasteiger partial charge is 0.317 e. The van der Waals surface area contributed by atoms with Crippen LogP contribution < -0.4 is 10.1 Å². The van der Waals surface area contributed by atoms with Gasteiger partial charge < -0.3 is 20.1 Å². The monoisotopic (exact) mass is 236 g/mol. The lowest BCUT2D eigenvalue weighted by molar-refractivity contribution is 0.200. The number of nitrogens with one attached hydrogen (secondary N) is 1. The average molecular weight is 236 g/mol. The molecule has 1 aliphatic heterocycles. The molecular formula is C12H16N2O3. The third kappa shape index (κ3) is 2.88. The molecule has 92 valence electrons. The first kappa shape index (κ1) is 11.7. The highest BCUT2D eigenvalue weighted by Crippen LogP contribution is 2.17. The number of amides is 2. The Labute approximate surface area is 100.0 Å². The van der Waals surface area contributed by atoms with E-state index in [9.17, 15) is 4.79 Å². The van der Waals surface area contributed by atoms with E-state index in [0.29, 0.717) is 25.4 Å². The highest BCUT2D eigenvalue weighted by atomic mass is 16.5. The second-order valence-corrected chi connectivity index (χ2v) is 3.83. The molecule has 0 saturated carbocycles. The van der Waals surface area contributed by atoms with Gasteiger partial charge in [-0.25, -0.2) is 4.79 Å². The van der Waals surface area contributed by atoms with Crippen LogP contribution in [-0.2, 0) is 6.61 Å². The molecule has 2 rings (SSSR count). The van der Waals surface area contributed by atoms with Crippen LogP contribution in [-0.4, -0.2) is 42.3 Å². The van der Waals surface area contributed by atoms with Gasteiger partial charge in [0, 0.05) is 18.7 Å². The molecule has 1 saturated heterocycles. The Balaban J connectivity index is 1.83. The maximum Gasteiger partial charge on any atom is 0.317 e. The Morgan fingerprint density at radius 1 is 1.41 bits per heavy atom. The summed E-state index contributed by atoms with van der Waals surface area (Å²) in [4.78, 5) is 13.0. The van der Waals surface area contributed by atoms with Crippen LogP contribution in [0, 0.1) is 0 Å². The van der Waals surface area contributed by atoms with Crippen molar-refractivity contribution in [1.82, 2.24) is 10.2 Å². The Morgan fingerprint density at radius 3 is 2.94 bits per heavy atom. The van der Waals surface area contributed by atoms with Gasteiger partial charge in [-0.1, -0.05) is 18.2 Å². The van der Waals surface area contributed by atoms with Crippen molar-refractivity contribution in [3.05, 3.63) is 29.8 Å². The summed E-state index contributed by atoms with van der Waals surface area (Å²) in [6.07, 6.45) is 0. The first-order chi connectivity index (χ1) is 8.31. The van der Waals surface area contributed by atoms with E-state index in [-0.39, 0.29) is 12.6 Å². The van der Waals surface area contributed by atoms with Crippen LogP contribution >= 0.6 is 0 Å². The summed E-state index contributed by atoms with van der Waals surface area (Å²) >= 11 is 0. The first-order valence-corrected chi connectivity index (χ1v) is 5.65. The number of aliphatic hydroxyl groups is 1. The van der Waals surface area contributed by atoms with Gasteiger partial charge in [-0.15, -0.1) is 0 Å². The molecule has 0 aliphatic carbocycles. The average Bonchev–Trinajstić information content (AvgIpc) is 2.76. The van der Waals surface area contributed by atoms with Crippen molar-refractivity contribution in [1.29, 1.82) is 0 Å². The van der Waals surface area contributed by atoms with Crippen LogP contribution in [0.2, 0.25) is 0 Å². The van der Waals surface area contributed by atoms with Crippen LogP contribution in [0.25, 0.3) is 0 Å². The molecule has 0 spiro atoms. The number of nitrogens with zero attached hydrogens (tertiary/aromatic N) is 1. The van der Waals surface area contributed by atoms with Gasteiger partial charge in [0.15, 0.2) is 0 Å². The quantitative estimate of drug-likeness (QED) is 0.786. The topological polar surface area (TPSA) is 61.8 Å². The molecule has 1 aromatic rings. The number of hydrogen-bond acceptors (Lipinski definition) is 3. The Hall–Kier alpha value is -1.75. The number of carbonyl (C=O) groups excluding carboxylic acids is 1. The maximum absolute atomic E-state index is 11.3. The molecule has 5 nitrogen and oxygen atoms in total. The number of para-hydroxylation sites is 1. The molecule has 5 heteroatoms. The third-order valence-corrected chi connectivity index (χ3v) is 2.71. The van der Waals surface area contributed by atoms with Crippen LogP contribution in [0.3, 0.4) is 0 Å². The van der Waals surface area contributed by atoms with Gasteiger partial charge >= 0.3 is 6.03 Å². The molecule has 1 fully saturated rings. The summed E-state index contributed by atoms with van der Waals surface area (Å²) in [5.74, 6) is 0.676. The number of benzene rings is 1. The van der Waals surface area contributed by atoms with E-state index < -0.39 is 0 Å². The van der Waals surface area contributed by atoms with Gasteiger partial charge in [-0.2, -0.15) is 0 Å². The lowest BCUT2D eigenvalue weighted by Crippen LogP contribution is -2.31. The molecule has 17 heavy (non-hydrogen) atoms. The van der Waals surface area contributed by atoms with Crippen molar-refractivity contribution in [2.45, 2.75) is 6.61 Å². The van der Waals surface area contributed by atoms with Crippen LogP contribution in [0.1, 0.15) is 5.56 Å². The molecular weight excluding hydrogens is 220 g/mol. The van der Waals surface area contributed by atoms with E-state index in [4.69, 9.17) is 9.84 Å². The highest BCUT2D eigenvalue weighted by Gasteiger charge is 2.18. The number of ether oxygens (including phenoxy) is 1. The second-order valence-electron chi connectivity index (χ2n) is 3.83. The van der Waals surface area contributed by atoms with Crippen molar-refractivity contribution < 1.29 is 14.6 Å². The Morgan fingerprint density at radius 2 is 2.24 bits per heavy atom. The molecule has 1 aromatic carbocycles. The molecule has 0 radical (unpaired) electrons. The molecule has 1 heterocycles. The molecule has 0 unspecified atom stereocenters. The zero-order chi connectivity index (χ0) is 12.1. The van der Waals surface area contributed by atoms with Crippen LogP contribution in [0.5, 0.6) is 5.75 Å². The maximum atomic E-state index is 11.3. The van der Waals surface area contributed by atoms with Crippen molar-refractivity contribution in [3.63, 3.8) is 0 Å². The highest BCUT2D eigenvalue weighted by molar-refractivity contribution is 5.76. The van der Waals surface area contributed by atoms with E-state index in [2.05, 4.69) is 5.32 Å². The van der Waals surface area contributed by atoms with Gasteiger partial charge in [0.05, 0.1) is 13.2 Å². The van der Waals surface area contributed by atoms with Crippen molar-refractivity contribution in [2.24, 2.45) is 0 Å². The summed E-state index contributed by atoms with van der Waals surface area (Å²) in [6, 6.07) is 7.31. The second kappa shape index (κ2) is 5.54. The number of carbonyl (C=O) groups is 1. The van der Waals surface area contributed by atoms with Crippen molar-refractivity contribution >= 4 is 6.03 Å². The SMILES string of the molecule is O=C1NCCN1CCOc1ccccc1CO. The van der Waals surface area contributed by atoms with E-state index in [1.54, 1.807) is 4.90 Å². The minimum Gasteiger partial charge on any atom is -0.491 e. The first-order valence-electron chi connectivity index (χ1n) is 5.65. The largest absolute Gasteiger partial charge is 0.491 e. The molecule has 0 aromatic heterocycles. The number of rotatable bonds is 5. The zero-order valence-electron chi connectivity index (χ0n) is 9.56. The molecule has 2 N–H and O–H groups in total. The fourth-order valence-electron chi connectivity index (χ4n) is 1.77. The van der Waals surface area contributed by atoms with E-state index in [0.717, 1.165) is 12.1 Å². The predicted molar refractivity (Wildman–Crippen MR) is 62.8 cm³/mol. The Bertz CT molecular complexity index is 395. The number of aliphatic hydroxyl groups excluding tert-OH is 1.